The summed E-state index contributed by atoms with van der Waals surface area (Å²) in [5, 5.41) is 10.3. The van der Waals surface area contributed by atoms with E-state index < -0.39 is 0 Å². The van der Waals surface area contributed by atoms with Crippen molar-refractivity contribution in [2.45, 2.75) is 19.4 Å². The van der Waals surface area contributed by atoms with Crippen LogP contribution in [0.2, 0.25) is 0 Å². The number of likely N-dealkylation sites (tertiary alicyclic amines) is 1. The molecule has 2 aromatic rings. The van der Waals surface area contributed by atoms with Crippen LogP contribution in [0.1, 0.15) is 27.7 Å². The van der Waals surface area contributed by atoms with Gasteiger partial charge >= 0.3 is 0 Å². The molecule has 3 rings (SSSR count). The van der Waals surface area contributed by atoms with E-state index in [-0.39, 0.29) is 11.9 Å². The van der Waals surface area contributed by atoms with Crippen molar-refractivity contribution in [3.63, 3.8) is 0 Å². The SMILES string of the molecule is Cc1csc(C(=O)N2CCC(n3nccn3)C2)c1. The molecule has 0 aromatic carbocycles. The lowest BCUT2D eigenvalue weighted by atomic mass is 10.3. The van der Waals surface area contributed by atoms with E-state index in [2.05, 4.69) is 10.2 Å². The van der Waals surface area contributed by atoms with E-state index in [4.69, 9.17) is 0 Å². The van der Waals surface area contributed by atoms with Crippen molar-refractivity contribution in [3.05, 3.63) is 34.3 Å². The fraction of sp³-hybridized carbons (Fsp3) is 0.417. The van der Waals surface area contributed by atoms with Gasteiger partial charge in [0.15, 0.2) is 0 Å². The molecule has 6 heteroatoms. The van der Waals surface area contributed by atoms with Crippen molar-refractivity contribution in [1.29, 1.82) is 0 Å². The summed E-state index contributed by atoms with van der Waals surface area (Å²) in [5.41, 5.74) is 1.15. The first-order valence-corrected chi connectivity index (χ1v) is 6.82. The van der Waals surface area contributed by atoms with Crippen molar-refractivity contribution in [2.24, 2.45) is 0 Å². The predicted molar refractivity (Wildman–Crippen MR) is 68.6 cm³/mol. The highest BCUT2D eigenvalue weighted by Crippen LogP contribution is 2.23. The molecule has 1 unspecified atom stereocenters. The summed E-state index contributed by atoms with van der Waals surface area (Å²) in [5.74, 6) is 0.128. The molecule has 1 amide bonds. The number of carbonyl (C=O) groups excluding carboxylic acids is 1. The third-order valence-corrected chi connectivity index (χ3v) is 4.19. The summed E-state index contributed by atoms with van der Waals surface area (Å²) in [7, 11) is 0. The van der Waals surface area contributed by atoms with Crippen LogP contribution < -0.4 is 0 Å². The van der Waals surface area contributed by atoms with E-state index in [1.54, 1.807) is 17.2 Å². The first-order chi connectivity index (χ1) is 8.74. The molecule has 0 radical (unpaired) electrons. The van der Waals surface area contributed by atoms with E-state index in [9.17, 15) is 4.79 Å². The maximum Gasteiger partial charge on any atom is 0.264 e. The Bertz CT molecular complexity index is 548. The summed E-state index contributed by atoms with van der Waals surface area (Å²) >= 11 is 1.51. The van der Waals surface area contributed by atoms with Crippen molar-refractivity contribution in [2.75, 3.05) is 13.1 Å². The smallest absolute Gasteiger partial charge is 0.264 e. The molecule has 0 N–H and O–H groups in total. The molecule has 1 saturated heterocycles. The Balaban J connectivity index is 1.70. The van der Waals surface area contributed by atoms with Gasteiger partial charge in [-0.25, -0.2) is 0 Å². The molecular weight excluding hydrogens is 248 g/mol. The highest BCUT2D eigenvalue weighted by molar-refractivity contribution is 7.12. The number of carbonyl (C=O) groups is 1. The second-order valence-corrected chi connectivity index (χ2v) is 5.44. The Hall–Kier alpha value is -1.69. The molecule has 1 aliphatic rings. The molecule has 1 fully saturated rings. The van der Waals surface area contributed by atoms with Gasteiger partial charge in [0, 0.05) is 13.1 Å². The Kier molecular flexibility index (Phi) is 2.87. The standard InChI is InChI=1S/C12H14N4OS/c1-9-6-11(18-8-9)12(17)15-5-2-10(7-15)16-13-3-4-14-16/h3-4,6,8,10H,2,5,7H2,1H3. The van der Waals surface area contributed by atoms with Crippen LogP contribution in [0.15, 0.2) is 23.8 Å². The van der Waals surface area contributed by atoms with Gasteiger partial charge in [-0.2, -0.15) is 15.0 Å². The van der Waals surface area contributed by atoms with Crippen molar-refractivity contribution in [1.82, 2.24) is 19.9 Å². The minimum atomic E-state index is 0.128. The number of thiophene rings is 1. The van der Waals surface area contributed by atoms with Gasteiger partial charge in [0.05, 0.1) is 23.3 Å². The Morgan fingerprint density at radius 1 is 1.44 bits per heavy atom. The molecule has 0 aliphatic carbocycles. The fourth-order valence-corrected chi connectivity index (χ4v) is 3.09. The lowest BCUT2D eigenvalue weighted by molar-refractivity contribution is 0.0791. The third kappa shape index (κ3) is 2.03. The molecule has 3 heterocycles. The monoisotopic (exact) mass is 262 g/mol. The van der Waals surface area contributed by atoms with Crippen molar-refractivity contribution in [3.8, 4) is 0 Å². The summed E-state index contributed by atoms with van der Waals surface area (Å²) in [6, 6.07) is 2.16. The van der Waals surface area contributed by atoms with Crippen molar-refractivity contribution >= 4 is 17.2 Å². The molecule has 0 spiro atoms. The highest BCUT2D eigenvalue weighted by atomic mass is 32.1. The zero-order valence-corrected chi connectivity index (χ0v) is 10.9. The van der Waals surface area contributed by atoms with E-state index in [1.807, 2.05) is 23.3 Å². The molecule has 18 heavy (non-hydrogen) atoms. The molecule has 0 bridgehead atoms. The number of nitrogens with zero attached hydrogens (tertiary/aromatic N) is 4. The second-order valence-electron chi connectivity index (χ2n) is 4.53. The van der Waals surface area contributed by atoms with Crippen molar-refractivity contribution < 1.29 is 4.79 Å². The maximum atomic E-state index is 12.3. The Labute approximate surface area is 109 Å². The van der Waals surface area contributed by atoms with E-state index in [0.717, 1.165) is 23.4 Å². The fourth-order valence-electron chi connectivity index (χ4n) is 2.23. The van der Waals surface area contributed by atoms with Crippen LogP contribution >= 0.6 is 11.3 Å². The molecule has 5 nitrogen and oxygen atoms in total. The third-order valence-electron chi connectivity index (χ3n) is 3.16. The minimum Gasteiger partial charge on any atom is -0.336 e. The van der Waals surface area contributed by atoms with Gasteiger partial charge in [-0.1, -0.05) is 0 Å². The van der Waals surface area contributed by atoms with Gasteiger partial charge < -0.3 is 4.90 Å². The first-order valence-electron chi connectivity index (χ1n) is 5.94. The van der Waals surface area contributed by atoms with Crippen LogP contribution in [0.4, 0.5) is 0 Å². The number of amides is 1. The average molecular weight is 262 g/mol. The topological polar surface area (TPSA) is 51.0 Å². The van der Waals surface area contributed by atoms with Gasteiger partial charge in [-0.15, -0.1) is 11.3 Å². The lowest BCUT2D eigenvalue weighted by Gasteiger charge is -2.15. The van der Waals surface area contributed by atoms with Crippen LogP contribution in [0.3, 0.4) is 0 Å². The van der Waals surface area contributed by atoms with Crippen LogP contribution in [0.25, 0.3) is 0 Å². The summed E-state index contributed by atoms with van der Waals surface area (Å²) in [6.07, 6.45) is 4.27. The molecular formula is C12H14N4OS. The van der Waals surface area contributed by atoms with Crippen LogP contribution in [0, 0.1) is 6.92 Å². The van der Waals surface area contributed by atoms with Gasteiger partial charge in [0.2, 0.25) is 0 Å². The largest absolute Gasteiger partial charge is 0.336 e. The molecule has 1 atom stereocenters. The van der Waals surface area contributed by atoms with Gasteiger partial charge in [-0.05, 0) is 30.4 Å². The molecule has 94 valence electrons. The number of hydrogen-bond donors (Lipinski definition) is 0. The predicted octanol–water partition coefficient (Wildman–Crippen LogP) is 1.74. The van der Waals surface area contributed by atoms with Crippen LogP contribution in [-0.2, 0) is 0 Å². The molecule has 2 aromatic heterocycles. The maximum absolute atomic E-state index is 12.3. The second kappa shape index (κ2) is 4.53. The first kappa shape index (κ1) is 11.4. The van der Waals surface area contributed by atoms with E-state index >= 15 is 0 Å². The van der Waals surface area contributed by atoms with E-state index in [0.29, 0.717) is 6.54 Å². The van der Waals surface area contributed by atoms with Gasteiger partial charge in [0.25, 0.3) is 5.91 Å². The Morgan fingerprint density at radius 2 is 2.22 bits per heavy atom. The number of hydrogen-bond acceptors (Lipinski definition) is 4. The zero-order chi connectivity index (χ0) is 12.5. The van der Waals surface area contributed by atoms with Gasteiger partial charge in [0.1, 0.15) is 0 Å². The lowest BCUT2D eigenvalue weighted by Crippen LogP contribution is -2.28. The minimum absolute atomic E-state index is 0.128. The summed E-state index contributed by atoms with van der Waals surface area (Å²) < 4.78 is 0. The Morgan fingerprint density at radius 3 is 2.89 bits per heavy atom. The molecule has 1 aliphatic heterocycles. The average Bonchev–Trinajstić information content (AvgIpc) is 3.09. The number of aryl methyl sites for hydroxylation is 1. The highest BCUT2D eigenvalue weighted by Gasteiger charge is 2.29. The summed E-state index contributed by atoms with van der Waals surface area (Å²) in [6.45, 7) is 3.49. The zero-order valence-electron chi connectivity index (χ0n) is 10.1. The number of aromatic nitrogens is 3. The molecule has 0 saturated carbocycles. The van der Waals surface area contributed by atoms with Crippen LogP contribution in [-0.4, -0.2) is 38.9 Å². The normalized spacial score (nSPS) is 19.4. The number of rotatable bonds is 2. The van der Waals surface area contributed by atoms with Gasteiger partial charge in [-0.3, -0.25) is 4.79 Å². The quantitative estimate of drug-likeness (QED) is 0.828. The summed E-state index contributed by atoms with van der Waals surface area (Å²) in [4.78, 5) is 16.7. The van der Waals surface area contributed by atoms with E-state index in [1.165, 1.54) is 11.3 Å². The van der Waals surface area contributed by atoms with Crippen LogP contribution in [0.5, 0.6) is 0 Å².